The topological polar surface area (TPSA) is 29.5 Å². The normalized spacial score (nSPS) is 9.00. The number of hydroxylamine groups is 2. The monoisotopic (exact) mass is 142 g/mol. The lowest BCUT2D eigenvalue weighted by Crippen LogP contribution is -2.22. The number of carbonyl (C=O) groups excluding carboxylic acids is 1. The van der Waals surface area contributed by atoms with Gasteiger partial charge in [-0.25, -0.2) is 5.06 Å². The highest BCUT2D eigenvalue weighted by atomic mass is 16.7. The fraction of sp³-hybridized carbons (Fsp3) is 0.571. The lowest BCUT2D eigenvalue weighted by Gasteiger charge is -2.12. The summed E-state index contributed by atoms with van der Waals surface area (Å²) in [7, 11) is 0. The molecule has 1 radical (unpaired) electrons. The summed E-state index contributed by atoms with van der Waals surface area (Å²) in [5.41, 5.74) is 0.883. The molecule has 3 nitrogen and oxygen atoms in total. The van der Waals surface area contributed by atoms with Crippen molar-refractivity contribution in [3.8, 4) is 0 Å². The lowest BCUT2D eigenvalue weighted by atomic mass is 10.4. The summed E-state index contributed by atoms with van der Waals surface area (Å²) in [5, 5.41) is 1.11. The number of rotatable bonds is 5. The van der Waals surface area contributed by atoms with Crippen LogP contribution in [-0.4, -0.2) is 24.6 Å². The maximum absolute atomic E-state index is 9.99. The Kier molecular flexibility index (Phi) is 4.58. The quantitative estimate of drug-likeness (QED) is 0.324. The molecule has 0 aliphatic rings. The molecule has 0 bridgehead atoms. The zero-order valence-corrected chi connectivity index (χ0v) is 6.39. The summed E-state index contributed by atoms with van der Waals surface area (Å²) in [5.74, 6) is 0. The first-order chi connectivity index (χ1) is 4.70. The first-order valence-corrected chi connectivity index (χ1v) is 3.13. The molecule has 0 fully saturated rings. The van der Waals surface area contributed by atoms with Crippen LogP contribution in [0, 0.1) is 0 Å². The van der Waals surface area contributed by atoms with E-state index in [1.165, 1.54) is 0 Å². The van der Waals surface area contributed by atoms with Gasteiger partial charge in [-0.3, -0.25) is 9.63 Å². The van der Waals surface area contributed by atoms with Crippen molar-refractivity contribution in [3.63, 3.8) is 0 Å². The summed E-state index contributed by atoms with van der Waals surface area (Å²) in [4.78, 5) is 14.9. The van der Waals surface area contributed by atoms with Gasteiger partial charge >= 0.3 is 6.41 Å². The first kappa shape index (κ1) is 9.17. The summed E-state index contributed by atoms with van der Waals surface area (Å²) in [6, 6.07) is 0. The Balaban J connectivity index is 3.44. The van der Waals surface area contributed by atoms with E-state index in [0.717, 1.165) is 10.6 Å². The molecule has 0 N–H and O–H groups in total. The van der Waals surface area contributed by atoms with Gasteiger partial charge in [0.2, 0.25) is 0 Å². The Hall–Kier alpha value is -0.830. The van der Waals surface area contributed by atoms with Crippen LogP contribution in [0.3, 0.4) is 0 Å². The van der Waals surface area contributed by atoms with Crippen molar-refractivity contribution in [2.75, 3.05) is 13.2 Å². The second kappa shape index (κ2) is 4.99. The van der Waals surface area contributed by atoms with Gasteiger partial charge in [0.1, 0.15) is 0 Å². The van der Waals surface area contributed by atoms with E-state index in [4.69, 9.17) is 4.84 Å². The maximum Gasteiger partial charge on any atom is 0.337 e. The van der Waals surface area contributed by atoms with Crippen molar-refractivity contribution >= 4 is 6.41 Å². The van der Waals surface area contributed by atoms with Crippen LogP contribution in [-0.2, 0) is 9.63 Å². The van der Waals surface area contributed by atoms with Crippen molar-refractivity contribution in [2.24, 2.45) is 0 Å². The van der Waals surface area contributed by atoms with Crippen LogP contribution in [0.4, 0.5) is 0 Å². The Labute approximate surface area is 61.2 Å². The minimum atomic E-state index is 0.378. The molecule has 0 atom stereocenters. The van der Waals surface area contributed by atoms with E-state index >= 15 is 0 Å². The zero-order chi connectivity index (χ0) is 7.98. The molecule has 57 valence electrons. The Morgan fingerprint density at radius 1 is 1.80 bits per heavy atom. The zero-order valence-electron chi connectivity index (χ0n) is 6.39. The second-order valence-electron chi connectivity index (χ2n) is 2.02. The molecule has 0 spiro atoms. The molecule has 1 amide bonds. The van der Waals surface area contributed by atoms with Crippen LogP contribution in [0.25, 0.3) is 0 Å². The molecule has 0 unspecified atom stereocenters. The highest BCUT2D eigenvalue weighted by molar-refractivity contribution is 5.45. The van der Waals surface area contributed by atoms with Crippen molar-refractivity contribution in [3.05, 3.63) is 12.2 Å². The number of hydrogen-bond acceptors (Lipinski definition) is 2. The molecule has 3 heteroatoms. The molecule has 0 aliphatic heterocycles. The number of nitrogens with zero attached hydrogens (tertiary/aromatic N) is 1. The van der Waals surface area contributed by atoms with E-state index in [-0.39, 0.29) is 0 Å². The Bertz CT molecular complexity index is 123. The molecule has 0 heterocycles. The van der Waals surface area contributed by atoms with Gasteiger partial charge in [-0.15, -0.1) is 0 Å². The third-order valence-electron chi connectivity index (χ3n) is 0.856. The average molecular weight is 142 g/mol. The fourth-order valence-electron chi connectivity index (χ4n) is 0.370. The van der Waals surface area contributed by atoms with Gasteiger partial charge in [0, 0.05) is 6.54 Å². The van der Waals surface area contributed by atoms with Crippen LogP contribution in [0.1, 0.15) is 13.8 Å². The predicted octanol–water partition coefficient (Wildman–Crippen LogP) is 0.883. The first-order valence-electron chi connectivity index (χ1n) is 3.13. The lowest BCUT2D eigenvalue weighted by molar-refractivity contribution is -0.0856. The largest absolute Gasteiger partial charge is 0.337 e. The predicted molar refractivity (Wildman–Crippen MR) is 38.8 cm³/mol. The van der Waals surface area contributed by atoms with E-state index in [9.17, 15) is 4.79 Å². The van der Waals surface area contributed by atoms with Gasteiger partial charge in [-0.1, -0.05) is 12.2 Å². The van der Waals surface area contributed by atoms with Gasteiger partial charge < -0.3 is 0 Å². The van der Waals surface area contributed by atoms with Crippen molar-refractivity contribution < 1.29 is 9.63 Å². The van der Waals surface area contributed by atoms with Crippen molar-refractivity contribution in [1.82, 2.24) is 5.06 Å². The molecular formula is C7H12NO2. The Morgan fingerprint density at radius 2 is 2.40 bits per heavy atom. The van der Waals surface area contributed by atoms with Gasteiger partial charge in [-0.05, 0) is 13.8 Å². The van der Waals surface area contributed by atoms with Crippen LogP contribution < -0.4 is 0 Å². The molecule has 10 heavy (non-hydrogen) atoms. The molecule has 0 aromatic rings. The molecular weight excluding hydrogens is 130 g/mol. The fourth-order valence-corrected chi connectivity index (χ4v) is 0.370. The second-order valence-corrected chi connectivity index (χ2v) is 2.02. The van der Waals surface area contributed by atoms with Crippen molar-refractivity contribution in [2.45, 2.75) is 13.8 Å². The summed E-state index contributed by atoms with van der Waals surface area (Å²) < 4.78 is 0. The summed E-state index contributed by atoms with van der Waals surface area (Å²) in [6.45, 7) is 8.14. The third-order valence-corrected chi connectivity index (χ3v) is 0.856. The van der Waals surface area contributed by atoms with Crippen LogP contribution >= 0.6 is 0 Å². The minimum Gasteiger partial charge on any atom is -0.266 e. The highest BCUT2D eigenvalue weighted by Gasteiger charge is 1.97. The standard InChI is InChI=1S/C7H12NO2/c1-4-8(6-9)10-5-7(2)3/h2,4-5H2,1,3H3. The molecule has 0 saturated carbocycles. The van der Waals surface area contributed by atoms with E-state index in [2.05, 4.69) is 6.58 Å². The van der Waals surface area contributed by atoms with Crippen LogP contribution in [0.15, 0.2) is 12.2 Å². The molecule has 0 aromatic carbocycles. The van der Waals surface area contributed by atoms with Gasteiger partial charge in [0.15, 0.2) is 0 Å². The van der Waals surface area contributed by atoms with E-state index in [1.807, 2.05) is 13.8 Å². The van der Waals surface area contributed by atoms with Crippen LogP contribution in [0.5, 0.6) is 0 Å². The highest BCUT2D eigenvalue weighted by Crippen LogP contribution is 1.91. The average Bonchev–Trinajstić information content (AvgIpc) is 1.90. The molecule has 0 aromatic heterocycles. The number of hydrogen-bond donors (Lipinski definition) is 0. The SMILES string of the molecule is C=C(C)CON([C]=O)CC. The molecule has 0 rings (SSSR count). The van der Waals surface area contributed by atoms with Gasteiger partial charge in [0.25, 0.3) is 0 Å². The molecule has 0 aliphatic carbocycles. The van der Waals surface area contributed by atoms with Gasteiger partial charge in [0.05, 0.1) is 6.61 Å². The van der Waals surface area contributed by atoms with E-state index in [0.29, 0.717) is 13.2 Å². The molecule has 0 saturated heterocycles. The number of amides is 1. The summed E-state index contributed by atoms with van der Waals surface area (Å²) >= 11 is 0. The minimum absolute atomic E-state index is 0.378. The van der Waals surface area contributed by atoms with Gasteiger partial charge in [-0.2, -0.15) is 0 Å². The van der Waals surface area contributed by atoms with E-state index in [1.54, 1.807) is 6.41 Å². The van der Waals surface area contributed by atoms with Crippen LogP contribution in [0.2, 0.25) is 0 Å². The maximum atomic E-state index is 9.99. The summed E-state index contributed by atoms with van der Waals surface area (Å²) in [6.07, 6.45) is 1.63. The smallest absolute Gasteiger partial charge is 0.266 e. The third kappa shape index (κ3) is 4.09. The Morgan fingerprint density at radius 3 is 2.70 bits per heavy atom. The van der Waals surface area contributed by atoms with Crippen molar-refractivity contribution in [1.29, 1.82) is 0 Å². The van der Waals surface area contributed by atoms with E-state index < -0.39 is 0 Å².